The Morgan fingerprint density at radius 2 is 1.73 bits per heavy atom. The van der Waals surface area contributed by atoms with E-state index in [4.69, 9.17) is 0 Å². The van der Waals surface area contributed by atoms with Crippen LogP contribution in [0.5, 0.6) is 0 Å². The maximum atomic E-state index is 15.1. The molecule has 0 bridgehead atoms. The van der Waals surface area contributed by atoms with Gasteiger partial charge in [0, 0.05) is 30.3 Å². The summed E-state index contributed by atoms with van der Waals surface area (Å²) in [6.07, 6.45) is 2.94. The number of aromatic nitrogens is 2. The third-order valence-corrected chi connectivity index (χ3v) is 7.77. The third-order valence-electron chi connectivity index (χ3n) is 7.77. The van der Waals surface area contributed by atoms with Gasteiger partial charge in [-0.1, -0.05) is 61.5 Å². The Morgan fingerprint density at radius 3 is 2.45 bits per heavy atom. The zero-order chi connectivity index (χ0) is 28.4. The van der Waals surface area contributed by atoms with E-state index in [1.807, 2.05) is 37.3 Å². The molecule has 8 heteroatoms. The molecule has 40 heavy (non-hydrogen) atoms. The van der Waals surface area contributed by atoms with E-state index in [0.717, 1.165) is 11.6 Å². The SMILES string of the molecule is Cc1cn(Cc2ccccc2)nc(C(=O)N2CCC[C@@H]2[C@H](C)[C@H](c2ccc(F)cc2)c2cccc(F)c2F)c1=O. The van der Waals surface area contributed by atoms with Crippen LogP contribution in [-0.2, 0) is 6.54 Å². The first-order valence-corrected chi connectivity index (χ1v) is 13.4. The fourth-order valence-corrected chi connectivity index (χ4v) is 5.81. The number of carbonyl (C=O) groups excluding carboxylic acids is 1. The molecule has 1 fully saturated rings. The van der Waals surface area contributed by atoms with Crippen LogP contribution in [0.4, 0.5) is 13.2 Å². The fraction of sp³-hybridized carbons (Fsp3) is 0.281. The monoisotopic (exact) mass is 545 g/mol. The summed E-state index contributed by atoms with van der Waals surface area (Å²) in [5, 5.41) is 4.42. The number of hydrogen-bond donors (Lipinski definition) is 0. The number of carbonyl (C=O) groups is 1. The molecule has 0 unspecified atom stereocenters. The zero-order valence-corrected chi connectivity index (χ0v) is 22.4. The predicted octanol–water partition coefficient (Wildman–Crippen LogP) is 6.09. The van der Waals surface area contributed by atoms with Gasteiger partial charge in [-0.15, -0.1) is 0 Å². The largest absolute Gasteiger partial charge is 0.334 e. The number of benzene rings is 3. The molecule has 0 aliphatic carbocycles. The molecule has 206 valence electrons. The van der Waals surface area contributed by atoms with E-state index in [1.54, 1.807) is 34.8 Å². The Hall–Kier alpha value is -4.20. The Balaban J connectivity index is 1.50. The van der Waals surface area contributed by atoms with E-state index in [2.05, 4.69) is 5.10 Å². The zero-order valence-electron chi connectivity index (χ0n) is 22.4. The van der Waals surface area contributed by atoms with Gasteiger partial charge >= 0.3 is 0 Å². The Morgan fingerprint density at radius 1 is 1.00 bits per heavy atom. The highest BCUT2D eigenvalue weighted by molar-refractivity contribution is 5.92. The number of hydrogen-bond acceptors (Lipinski definition) is 3. The van der Waals surface area contributed by atoms with Gasteiger partial charge in [0.2, 0.25) is 5.43 Å². The molecule has 1 aliphatic rings. The molecular formula is C32H30F3N3O2. The minimum absolute atomic E-state index is 0.136. The van der Waals surface area contributed by atoms with Crippen molar-refractivity contribution in [2.75, 3.05) is 6.54 Å². The molecule has 1 saturated heterocycles. The summed E-state index contributed by atoms with van der Waals surface area (Å²) in [4.78, 5) is 28.6. The maximum absolute atomic E-state index is 15.1. The first kappa shape index (κ1) is 27.4. The van der Waals surface area contributed by atoms with Crippen molar-refractivity contribution in [1.82, 2.24) is 14.7 Å². The molecule has 5 nitrogen and oxygen atoms in total. The van der Waals surface area contributed by atoms with Crippen LogP contribution in [0, 0.1) is 30.3 Å². The number of halogens is 3. The van der Waals surface area contributed by atoms with Gasteiger partial charge in [0.05, 0.1) is 6.54 Å². The van der Waals surface area contributed by atoms with Crippen LogP contribution in [0.2, 0.25) is 0 Å². The highest BCUT2D eigenvalue weighted by atomic mass is 19.2. The normalized spacial score (nSPS) is 16.6. The number of likely N-dealkylation sites (tertiary alicyclic amines) is 1. The van der Waals surface area contributed by atoms with Gasteiger partial charge in [0.1, 0.15) is 5.82 Å². The molecule has 3 aromatic carbocycles. The minimum atomic E-state index is -0.973. The molecular weight excluding hydrogens is 515 g/mol. The van der Waals surface area contributed by atoms with Crippen LogP contribution < -0.4 is 5.43 Å². The topological polar surface area (TPSA) is 55.2 Å². The van der Waals surface area contributed by atoms with Crippen molar-refractivity contribution in [3.05, 3.63) is 135 Å². The quantitative estimate of drug-likeness (QED) is 0.283. The smallest absolute Gasteiger partial charge is 0.278 e. The van der Waals surface area contributed by atoms with Crippen LogP contribution in [0.25, 0.3) is 0 Å². The van der Waals surface area contributed by atoms with Crippen LogP contribution in [-0.4, -0.2) is 33.2 Å². The third kappa shape index (κ3) is 5.43. The summed E-state index contributed by atoms with van der Waals surface area (Å²) in [5.74, 6) is -3.91. The van der Waals surface area contributed by atoms with Crippen molar-refractivity contribution in [3.63, 3.8) is 0 Å². The summed E-state index contributed by atoms with van der Waals surface area (Å²) < 4.78 is 44.8. The second-order valence-electron chi connectivity index (χ2n) is 10.4. The van der Waals surface area contributed by atoms with Gasteiger partial charge in [-0.2, -0.15) is 5.10 Å². The number of amides is 1. The van der Waals surface area contributed by atoms with Crippen molar-refractivity contribution < 1.29 is 18.0 Å². The van der Waals surface area contributed by atoms with E-state index < -0.39 is 34.7 Å². The second-order valence-corrected chi connectivity index (χ2v) is 10.4. The molecule has 1 aromatic heterocycles. The van der Waals surface area contributed by atoms with Crippen LogP contribution >= 0.6 is 0 Å². The summed E-state index contributed by atoms with van der Waals surface area (Å²) in [5.41, 5.74) is 1.53. The molecule has 0 spiro atoms. The van der Waals surface area contributed by atoms with E-state index in [-0.39, 0.29) is 23.2 Å². The van der Waals surface area contributed by atoms with Crippen molar-refractivity contribution in [2.24, 2.45) is 5.92 Å². The summed E-state index contributed by atoms with van der Waals surface area (Å²) >= 11 is 0. The highest BCUT2D eigenvalue weighted by Gasteiger charge is 2.39. The van der Waals surface area contributed by atoms with Gasteiger partial charge in [-0.25, -0.2) is 13.2 Å². The lowest BCUT2D eigenvalue weighted by Gasteiger charge is -2.35. The number of nitrogens with zero attached hydrogens (tertiary/aromatic N) is 3. The molecule has 1 amide bonds. The van der Waals surface area contributed by atoms with E-state index in [0.29, 0.717) is 37.1 Å². The van der Waals surface area contributed by atoms with Gasteiger partial charge in [-0.3, -0.25) is 14.3 Å². The average molecular weight is 546 g/mol. The molecule has 0 N–H and O–H groups in total. The lowest BCUT2D eigenvalue weighted by atomic mass is 9.77. The van der Waals surface area contributed by atoms with Crippen LogP contribution in [0.3, 0.4) is 0 Å². The van der Waals surface area contributed by atoms with Crippen molar-refractivity contribution in [1.29, 1.82) is 0 Å². The Kier molecular flexibility index (Phi) is 7.87. The molecule has 1 aliphatic heterocycles. The fourth-order valence-electron chi connectivity index (χ4n) is 5.81. The van der Waals surface area contributed by atoms with E-state index in [1.165, 1.54) is 24.3 Å². The van der Waals surface area contributed by atoms with Gasteiger partial charge < -0.3 is 4.90 Å². The highest BCUT2D eigenvalue weighted by Crippen LogP contribution is 2.40. The molecule has 2 heterocycles. The summed E-state index contributed by atoms with van der Waals surface area (Å²) in [6, 6.07) is 18.9. The first-order chi connectivity index (χ1) is 19.2. The number of rotatable bonds is 7. The van der Waals surface area contributed by atoms with Crippen molar-refractivity contribution in [3.8, 4) is 0 Å². The molecule has 5 rings (SSSR count). The van der Waals surface area contributed by atoms with Gasteiger partial charge in [0.15, 0.2) is 17.3 Å². The van der Waals surface area contributed by atoms with Crippen LogP contribution in [0.15, 0.2) is 83.8 Å². The summed E-state index contributed by atoms with van der Waals surface area (Å²) in [7, 11) is 0. The summed E-state index contributed by atoms with van der Waals surface area (Å²) in [6.45, 7) is 4.34. The minimum Gasteiger partial charge on any atom is -0.334 e. The Labute approximate surface area is 230 Å². The standard InChI is InChI=1S/C32H30F3N3O2/c1-20-18-37(19-22-8-4-3-5-9-22)36-30(31(20)39)32(40)38-17-7-12-27(38)21(2)28(23-13-15-24(33)16-14-23)25-10-6-11-26(34)29(25)35/h3-6,8-11,13-16,18,21,27-28H,7,12,17,19H2,1-2H3/t21-,27+,28+/m0/s1. The van der Waals surface area contributed by atoms with Gasteiger partial charge in [-0.05, 0) is 60.6 Å². The lowest BCUT2D eigenvalue weighted by Crippen LogP contribution is -2.44. The Bertz CT molecular complexity index is 1570. The molecule has 0 saturated carbocycles. The molecule has 4 aromatic rings. The van der Waals surface area contributed by atoms with Crippen molar-refractivity contribution >= 4 is 5.91 Å². The first-order valence-electron chi connectivity index (χ1n) is 13.4. The van der Waals surface area contributed by atoms with Crippen LogP contribution in [0.1, 0.15) is 58.4 Å². The van der Waals surface area contributed by atoms with E-state index in [9.17, 15) is 18.4 Å². The molecule has 0 radical (unpaired) electrons. The van der Waals surface area contributed by atoms with Gasteiger partial charge in [0.25, 0.3) is 5.91 Å². The van der Waals surface area contributed by atoms with Crippen molar-refractivity contribution in [2.45, 2.75) is 45.2 Å². The number of aryl methyl sites for hydroxylation is 1. The second kappa shape index (κ2) is 11.5. The van der Waals surface area contributed by atoms with E-state index >= 15 is 4.39 Å². The lowest BCUT2D eigenvalue weighted by molar-refractivity contribution is 0.0675. The maximum Gasteiger partial charge on any atom is 0.278 e. The average Bonchev–Trinajstić information content (AvgIpc) is 3.44. The molecule has 3 atom stereocenters. The predicted molar refractivity (Wildman–Crippen MR) is 147 cm³/mol.